The molecule has 7 aliphatic rings. The number of hydrogen-bond donors (Lipinski definition) is 4. The van der Waals surface area contributed by atoms with Crippen LogP contribution in [0.2, 0.25) is 0 Å². The first kappa shape index (κ1) is 57.0. The van der Waals surface area contributed by atoms with Gasteiger partial charge in [-0.05, 0) is 144 Å². The minimum atomic E-state index is -4.67. The van der Waals surface area contributed by atoms with Crippen LogP contribution >= 0.6 is 0 Å². The number of carbonyl (C=O) groups excluding carboxylic acids is 1. The van der Waals surface area contributed by atoms with Gasteiger partial charge in [-0.1, -0.05) is 18.2 Å². The number of aromatic amines is 1. The highest BCUT2D eigenvalue weighted by molar-refractivity contribution is 7.90. The van der Waals surface area contributed by atoms with Crippen molar-refractivity contribution >= 4 is 55.4 Å². The van der Waals surface area contributed by atoms with Gasteiger partial charge < -0.3 is 44.2 Å². The highest BCUT2D eigenvalue weighted by Gasteiger charge is 2.51. The summed E-state index contributed by atoms with van der Waals surface area (Å²) in [7, 11) is -4.67. The molecule has 5 aliphatic heterocycles. The number of carbonyl (C=O) groups is 1. The molecule has 4 aromatic carbocycles. The van der Waals surface area contributed by atoms with Crippen LogP contribution in [-0.4, -0.2) is 133 Å². The van der Waals surface area contributed by atoms with Crippen molar-refractivity contribution < 1.29 is 51.0 Å². The number of aromatic nitrogens is 2. The van der Waals surface area contributed by atoms with E-state index in [1.54, 1.807) is 12.3 Å². The second kappa shape index (κ2) is 22.6. The molecule has 6 aromatic rings. The number of para-hydroxylation sites is 1. The molecule has 2 aromatic heterocycles. The van der Waals surface area contributed by atoms with Crippen LogP contribution in [0.5, 0.6) is 17.4 Å². The Morgan fingerprint density at radius 2 is 1.72 bits per heavy atom. The average molecular weight is 1190 g/mol. The Labute approximate surface area is 493 Å². The lowest BCUT2D eigenvalue weighted by Crippen LogP contribution is -2.60. The minimum absolute atomic E-state index is 0.0388. The van der Waals surface area contributed by atoms with Crippen LogP contribution in [0.15, 0.2) is 96.0 Å². The number of H-pyrrole nitrogens is 1. The van der Waals surface area contributed by atoms with E-state index in [4.69, 9.17) is 23.9 Å². The lowest BCUT2D eigenvalue weighted by Gasteiger charge is -2.59. The molecule has 1 spiro atoms. The summed E-state index contributed by atoms with van der Waals surface area (Å²) < 4.78 is 85.5. The number of sulfonamides is 1. The monoisotopic (exact) mass is 1190 g/mol. The third kappa shape index (κ3) is 11.2. The maximum atomic E-state index is 15.1. The smallest absolute Gasteiger partial charge is 0.293 e. The Morgan fingerprint density at radius 3 is 2.51 bits per heavy atom. The van der Waals surface area contributed by atoms with E-state index < -0.39 is 54.8 Å². The van der Waals surface area contributed by atoms with E-state index in [0.29, 0.717) is 86.5 Å². The molecule has 13 rings (SSSR count). The lowest BCUT2D eigenvalue weighted by molar-refractivity contribution is -0.384. The summed E-state index contributed by atoms with van der Waals surface area (Å²) in [5.74, 6) is -0.726. The number of halogens is 2. The van der Waals surface area contributed by atoms with Crippen molar-refractivity contribution in [1.82, 2.24) is 24.5 Å². The molecule has 4 N–H and O–H groups in total. The molecule has 2 saturated carbocycles. The summed E-state index contributed by atoms with van der Waals surface area (Å²) in [5, 5.41) is 26.9. The molecule has 0 bridgehead atoms. The lowest BCUT2D eigenvalue weighted by atomic mass is 9.59. The summed E-state index contributed by atoms with van der Waals surface area (Å²) >= 11 is 0. The van der Waals surface area contributed by atoms with E-state index in [9.17, 15) is 32.8 Å². The van der Waals surface area contributed by atoms with Gasteiger partial charge in [0.2, 0.25) is 5.88 Å². The summed E-state index contributed by atoms with van der Waals surface area (Å²) in [6, 6.07) is 23.2. The molecular formula is C63H73F2N9O10S. The van der Waals surface area contributed by atoms with Crippen molar-refractivity contribution in [2.45, 2.75) is 132 Å². The zero-order chi connectivity index (χ0) is 58.9. The predicted molar refractivity (Wildman–Crippen MR) is 316 cm³/mol. The van der Waals surface area contributed by atoms with Crippen LogP contribution in [0.4, 0.5) is 37.2 Å². The number of nitrogens with zero attached hydrogens (tertiary/aromatic N) is 6. The van der Waals surface area contributed by atoms with Crippen molar-refractivity contribution in [2.24, 2.45) is 11.3 Å². The number of benzene rings is 4. The van der Waals surface area contributed by atoms with Crippen LogP contribution in [-0.2, 0) is 14.8 Å². The van der Waals surface area contributed by atoms with Gasteiger partial charge in [-0.3, -0.25) is 24.7 Å². The Balaban J connectivity index is 0.763. The van der Waals surface area contributed by atoms with Gasteiger partial charge in [0, 0.05) is 105 Å². The molecule has 1 amide bonds. The molecular weight excluding hydrogens is 1110 g/mol. The third-order valence-electron chi connectivity index (χ3n) is 19.1. The normalized spacial score (nSPS) is 25.3. The number of piperidine rings is 1. The van der Waals surface area contributed by atoms with Crippen molar-refractivity contribution in [3.05, 3.63) is 130 Å². The molecule has 4 atom stereocenters. The van der Waals surface area contributed by atoms with Crippen molar-refractivity contribution in [3.63, 3.8) is 0 Å². The van der Waals surface area contributed by atoms with E-state index in [1.165, 1.54) is 18.2 Å². The molecule has 5 fully saturated rings. The molecule has 19 nitrogen and oxygen atoms in total. The summed E-state index contributed by atoms with van der Waals surface area (Å²) in [5.41, 5.74) is 3.33. The Hall–Kier alpha value is -7.11. The van der Waals surface area contributed by atoms with Gasteiger partial charge in [-0.15, -0.1) is 0 Å². The summed E-state index contributed by atoms with van der Waals surface area (Å²) in [6.45, 7) is 10.9. The number of ether oxygens (including phenoxy) is 4. The summed E-state index contributed by atoms with van der Waals surface area (Å²) in [4.78, 5) is 43.7. The van der Waals surface area contributed by atoms with Crippen LogP contribution in [0.3, 0.4) is 0 Å². The number of nitrogens with one attached hydrogen (secondary N) is 3. The fourth-order valence-corrected chi connectivity index (χ4v) is 15.6. The fourth-order valence-electron chi connectivity index (χ4n) is 14.6. The second-order valence-corrected chi connectivity index (χ2v) is 26.7. The number of aliphatic hydroxyl groups is 1. The van der Waals surface area contributed by atoms with E-state index >= 15 is 4.39 Å². The van der Waals surface area contributed by atoms with Crippen LogP contribution in [0.1, 0.15) is 119 Å². The number of rotatable bonds is 14. The van der Waals surface area contributed by atoms with Crippen molar-refractivity contribution in [2.75, 3.05) is 74.2 Å². The first-order chi connectivity index (χ1) is 40.9. The quantitative estimate of drug-likeness (QED) is 0.0589. The molecule has 7 heterocycles. The van der Waals surface area contributed by atoms with Gasteiger partial charge in [0.15, 0.2) is 11.6 Å². The Kier molecular flexibility index (Phi) is 15.2. The largest absolute Gasteiger partial charge is 0.491 e. The van der Waals surface area contributed by atoms with Gasteiger partial charge in [0.1, 0.15) is 34.7 Å². The molecule has 3 saturated heterocycles. The van der Waals surface area contributed by atoms with Crippen LogP contribution in [0.25, 0.3) is 11.0 Å². The number of amides is 1. The maximum Gasteiger partial charge on any atom is 0.293 e. The van der Waals surface area contributed by atoms with E-state index in [-0.39, 0.29) is 59.2 Å². The number of nitro benzene ring substituents is 1. The molecule has 450 valence electrons. The molecule has 85 heavy (non-hydrogen) atoms. The Morgan fingerprint density at radius 1 is 0.918 bits per heavy atom. The second-order valence-electron chi connectivity index (χ2n) is 25.0. The number of anilines is 4. The number of nitro groups is 1. The van der Waals surface area contributed by atoms with Gasteiger partial charge >= 0.3 is 0 Å². The molecule has 2 aliphatic carbocycles. The zero-order valence-electron chi connectivity index (χ0n) is 48.1. The SMILES string of the molecule is CC(C)Oc1ccccc1[C@H]1CN([C@H]2CCOc3c(F)cc(F)cc32)CCN1C1CC2(CCN(c3ccc(C(=O)NS(=O)(=O)c4ccc(NCC5CCC(C)(O)CC5)c([N+](=O)[O-])c4)c(N4c5cc6cc[nH]c6nc5O[C@H]5COCC[C@@H]54)c3)CC2)C1. The van der Waals surface area contributed by atoms with Gasteiger partial charge in [0.25, 0.3) is 21.6 Å². The highest BCUT2D eigenvalue weighted by atomic mass is 32.2. The number of hydrogen-bond acceptors (Lipinski definition) is 16. The zero-order valence-corrected chi connectivity index (χ0v) is 48.9. The predicted octanol–water partition coefficient (Wildman–Crippen LogP) is 10.3. The van der Waals surface area contributed by atoms with Crippen molar-refractivity contribution in [3.8, 4) is 17.4 Å². The number of pyridine rings is 1. The minimum Gasteiger partial charge on any atom is -0.491 e. The van der Waals surface area contributed by atoms with Crippen LogP contribution in [0, 0.1) is 33.1 Å². The van der Waals surface area contributed by atoms with Gasteiger partial charge in [-0.25, -0.2) is 21.9 Å². The number of piperazine rings is 1. The number of fused-ring (bicyclic) bond motifs is 4. The Bertz CT molecular complexity index is 3630. The average Bonchev–Trinajstić information content (AvgIpc) is 2.79. The standard InChI is InChI=1S/C63H73F2N9O10S/c1-38(2)83-56-7-5-4-6-45(56)55-36-71(50-16-27-82-58-47(50)29-41(64)30-48(58)65)24-25-72(55)43-33-63(34-43)19-22-70(23-20-63)42-8-10-46(52(31-42)73-51-15-26-81-37-57(51)84-61-54(73)28-40-14-21-66-59(40)68-61)60(75)69-85(79,80)44-9-11-49(53(32-44)74(77)78)67-35-39-12-17-62(3,76)18-13-39/h4-11,14,21,28-32,38-39,43,50-51,55,57,67,76H,12-13,15-20,22-27,33-37H2,1-3H3,(H,66,68)(H,69,75)/t39?,50-,51-,55+,57-,62?/m0/s1. The molecule has 22 heteroatoms. The third-order valence-corrected chi connectivity index (χ3v) is 20.4. The van der Waals surface area contributed by atoms with Gasteiger partial charge in [0.05, 0.1) is 58.1 Å². The summed E-state index contributed by atoms with van der Waals surface area (Å²) in [6.07, 6.45) is 9.01. The highest BCUT2D eigenvalue weighted by Crippen LogP contribution is 2.55. The topological polar surface area (TPSA) is 217 Å². The van der Waals surface area contributed by atoms with Crippen molar-refractivity contribution in [1.29, 1.82) is 0 Å². The first-order valence-corrected chi connectivity index (χ1v) is 31.5. The van der Waals surface area contributed by atoms with E-state index in [2.05, 4.69) is 46.8 Å². The van der Waals surface area contributed by atoms with E-state index in [1.807, 2.05) is 57.2 Å². The molecule has 0 radical (unpaired) electrons. The molecule has 0 unspecified atom stereocenters. The first-order valence-electron chi connectivity index (χ1n) is 30.0. The van der Waals surface area contributed by atoms with E-state index in [0.717, 1.165) is 99.2 Å². The fraction of sp³-hybridized carbons (Fsp3) is 0.492. The van der Waals surface area contributed by atoms with Crippen LogP contribution < -0.4 is 34.0 Å². The van der Waals surface area contributed by atoms with Gasteiger partial charge in [-0.2, -0.15) is 4.98 Å². The maximum absolute atomic E-state index is 15.1.